The van der Waals surface area contributed by atoms with Crippen molar-refractivity contribution in [3.8, 4) is 11.5 Å². The Balaban J connectivity index is 2.09. The van der Waals surface area contributed by atoms with Gasteiger partial charge in [-0.1, -0.05) is 60.4 Å². The van der Waals surface area contributed by atoms with Crippen LogP contribution in [0.2, 0.25) is 0 Å². The summed E-state index contributed by atoms with van der Waals surface area (Å²) in [5.74, 6) is -1.60. The van der Waals surface area contributed by atoms with Gasteiger partial charge in [0, 0.05) is 6.07 Å². The Bertz CT molecular complexity index is 1680. The Hall–Kier alpha value is -3.67. The Labute approximate surface area is 261 Å². The molecule has 0 saturated heterocycles. The number of aromatic hydroxyl groups is 2. The fraction of sp³-hybridized carbons (Fsp3) is 0.500. The molecular weight excluding hydrogens is 552 g/mol. The number of fused-ring (bicyclic) bond motifs is 5. The lowest BCUT2D eigenvalue weighted by atomic mass is 9.40. The number of allylic oxidation sites excluding steroid dienone is 8. The number of benzene rings is 1. The van der Waals surface area contributed by atoms with Crippen LogP contribution in [-0.4, -0.2) is 21.8 Å². The maximum absolute atomic E-state index is 15.3. The van der Waals surface area contributed by atoms with Gasteiger partial charge in [0.25, 0.3) is 0 Å². The van der Waals surface area contributed by atoms with E-state index in [0.717, 1.165) is 35.6 Å². The van der Waals surface area contributed by atoms with Crippen molar-refractivity contribution < 1.29 is 24.2 Å². The van der Waals surface area contributed by atoms with E-state index in [2.05, 4.69) is 39.8 Å². The lowest BCUT2D eigenvalue weighted by molar-refractivity contribution is -0.151. The van der Waals surface area contributed by atoms with Gasteiger partial charge in [-0.05, 0) is 104 Å². The Morgan fingerprint density at radius 1 is 0.864 bits per heavy atom. The molecule has 3 atom stereocenters. The first kappa shape index (κ1) is 33.2. The number of carbonyl (C=O) groups is 2. The van der Waals surface area contributed by atoms with Crippen LogP contribution in [0.15, 0.2) is 67.9 Å². The summed E-state index contributed by atoms with van der Waals surface area (Å²) >= 11 is 0. The topological polar surface area (TPSA) is 105 Å². The van der Waals surface area contributed by atoms with Crippen molar-refractivity contribution in [1.29, 1.82) is 0 Å². The number of ketones is 2. The first-order valence-corrected chi connectivity index (χ1v) is 15.7. The highest BCUT2D eigenvalue weighted by molar-refractivity contribution is 6.23. The van der Waals surface area contributed by atoms with Gasteiger partial charge in [-0.15, -0.1) is 0 Å². The molecular formula is C38H48O6. The molecule has 1 aromatic heterocycles. The van der Waals surface area contributed by atoms with E-state index in [1.165, 1.54) is 11.6 Å². The highest BCUT2D eigenvalue weighted by atomic mass is 16.3. The van der Waals surface area contributed by atoms with Crippen molar-refractivity contribution >= 4 is 22.5 Å². The molecule has 0 amide bonds. The summed E-state index contributed by atoms with van der Waals surface area (Å²) in [4.78, 5) is 44.3. The van der Waals surface area contributed by atoms with Crippen LogP contribution in [-0.2, 0) is 10.2 Å². The van der Waals surface area contributed by atoms with E-state index in [9.17, 15) is 19.8 Å². The van der Waals surface area contributed by atoms with E-state index in [1.807, 2.05) is 46.8 Å². The summed E-state index contributed by atoms with van der Waals surface area (Å²) in [7, 11) is 0. The first-order valence-electron chi connectivity index (χ1n) is 15.7. The summed E-state index contributed by atoms with van der Waals surface area (Å²) in [6, 6.07) is 2.33. The third-order valence-electron chi connectivity index (χ3n) is 10.1. The molecule has 44 heavy (non-hydrogen) atoms. The van der Waals surface area contributed by atoms with Gasteiger partial charge in [0.15, 0.2) is 23.1 Å². The van der Waals surface area contributed by atoms with Gasteiger partial charge in [0.1, 0.15) is 16.9 Å². The zero-order chi connectivity index (χ0) is 32.8. The predicted octanol–water partition coefficient (Wildman–Crippen LogP) is 9.04. The molecule has 2 aliphatic rings. The fourth-order valence-corrected chi connectivity index (χ4v) is 7.24. The molecule has 1 aromatic carbocycles. The smallest absolute Gasteiger partial charge is 0.204 e. The summed E-state index contributed by atoms with van der Waals surface area (Å²) in [6.07, 6.45) is 11.5. The van der Waals surface area contributed by atoms with Crippen molar-refractivity contribution in [2.24, 2.45) is 16.7 Å². The Kier molecular flexibility index (Phi) is 9.08. The lowest BCUT2D eigenvalue weighted by Crippen LogP contribution is -2.68. The van der Waals surface area contributed by atoms with Crippen LogP contribution >= 0.6 is 0 Å². The van der Waals surface area contributed by atoms with Crippen LogP contribution in [0, 0.1) is 16.7 Å². The minimum absolute atomic E-state index is 0.000297. The zero-order valence-electron chi connectivity index (χ0n) is 27.8. The van der Waals surface area contributed by atoms with Crippen molar-refractivity contribution in [2.75, 3.05) is 0 Å². The number of carbonyl (C=O) groups excluding carboxylic acids is 2. The normalized spacial score (nSPS) is 24.1. The Morgan fingerprint density at radius 3 is 2.09 bits per heavy atom. The molecule has 2 bridgehead atoms. The third-order valence-corrected chi connectivity index (χ3v) is 10.1. The molecule has 4 rings (SSSR count). The monoisotopic (exact) mass is 600 g/mol. The molecule has 6 nitrogen and oxygen atoms in total. The number of hydrogen-bond acceptors (Lipinski definition) is 6. The summed E-state index contributed by atoms with van der Waals surface area (Å²) < 4.78 is 6.44. The van der Waals surface area contributed by atoms with Gasteiger partial charge in [-0.25, -0.2) is 0 Å². The molecule has 3 unspecified atom stereocenters. The number of hydrogen-bond donors (Lipinski definition) is 2. The van der Waals surface area contributed by atoms with Crippen LogP contribution in [0.3, 0.4) is 0 Å². The second kappa shape index (κ2) is 12.0. The molecule has 0 spiro atoms. The highest BCUT2D eigenvalue weighted by Crippen LogP contribution is 2.65. The fourth-order valence-electron chi connectivity index (χ4n) is 7.24. The quantitative estimate of drug-likeness (QED) is 0.169. The van der Waals surface area contributed by atoms with Crippen LogP contribution in [0.25, 0.3) is 11.0 Å². The van der Waals surface area contributed by atoms with Gasteiger partial charge < -0.3 is 14.6 Å². The van der Waals surface area contributed by atoms with Gasteiger partial charge in [0.2, 0.25) is 5.43 Å². The first-order chi connectivity index (χ1) is 20.5. The van der Waals surface area contributed by atoms with Crippen LogP contribution in [0.5, 0.6) is 11.5 Å². The summed E-state index contributed by atoms with van der Waals surface area (Å²) in [5, 5.41) is 20.5. The van der Waals surface area contributed by atoms with Crippen molar-refractivity contribution in [1.82, 2.24) is 0 Å². The molecule has 2 aromatic rings. The zero-order valence-corrected chi connectivity index (χ0v) is 27.8. The maximum Gasteiger partial charge on any atom is 0.204 e. The van der Waals surface area contributed by atoms with Crippen molar-refractivity contribution in [3.05, 3.63) is 80.3 Å². The van der Waals surface area contributed by atoms with Gasteiger partial charge in [-0.2, -0.15) is 0 Å². The maximum atomic E-state index is 15.3. The van der Waals surface area contributed by atoms with E-state index in [0.29, 0.717) is 12.8 Å². The second-order valence-electron chi connectivity index (χ2n) is 14.3. The van der Waals surface area contributed by atoms with E-state index in [4.69, 9.17) is 4.42 Å². The molecule has 0 radical (unpaired) electrons. The Morgan fingerprint density at radius 2 is 1.48 bits per heavy atom. The van der Waals surface area contributed by atoms with Gasteiger partial charge >= 0.3 is 0 Å². The molecule has 236 valence electrons. The molecule has 1 saturated carbocycles. The van der Waals surface area contributed by atoms with Gasteiger partial charge in [0.05, 0.1) is 16.2 Å². The number of phenols is 2. The molecule has 6 heteroatoms. The third kappa shape index (κ3) is 5.41. The average Bonchev–Trinajstić information content (AvgIpc) is 2.92. The van der Waals surface area contributed by atoms with Gasteiger partial charge in [-0.3, -0.25) is 14.4 Å². The van der Waals surface area contributed by atoms with E-state index in [1.54, 1.807) is 0 Å². The molecule has 1 heterocycles. The lowest BCUT2D eigenvalue weighted by Gasteiger charge is -2.60. The van der Waals surface area contributed by atoms with Crippen LogP contribution in [0.4, 0.5) is 0 Å². The number of Topliss-reactive ketones (excluding diaryl/α,β-unsaturated/α-hetero) is 2. The SMILES string of the molecule is CC(C)=CCCC(C)=CCC12CC(CC=C(C)C)C(C)(C)C(CC=C(C)C)(C1=O)c1oc3cc(O)c(O)cc3c(=O)c1C2=O. The molecule has 1 fully saturated rings. The van der Waals surface area contributed by atoms with Crippen molar-refractivity contribution in [2.45, 2.75) is 106 Å². The minimum Gasteiger partial charge on any atom is -0.504 e. The average molecular weight is 601 g/mol. The standard InChI is InChI=1S/C38H48O6/c1-22(2)11-10-12-25(7)16-17-37-21-26(14-13-23(3)4)36(8,9)38(35(37)43,18-15-24(5)6)34-31(33(37)42)32(41)27-19-28(39)29(40)20-30(27)44-34/h11,13,15-16,19-20,26,39-40H,10,12,14,17-18,21H2,1-9H3. The van der Waals surface area contributed by atoms with Crippen LogP contribution in [0.1, 0.15) is 117 Å². The molecule has 2 aliphatic carbocycles. The molecule has 2 N–H and O–H groups in total. The summed E-state index contributed by atoms with van der Waals surface area (Å²) in [6.45, 7) is 18.3. The number of phenolic OH excluding ortho intramolecular Hbond substituents is 2. The van der Waals surface area contributed by atoms with E-state index < -0.39 is 39.0 Å². The van der Waals surface area contributed by atoms with E-state index in [-0.39, 0.29) is 46.8 Å². The number of rotatable bonds is 9. The second-order valence-corrected chi connectivity index (χ2v) is 14.3. The molecule has 0 aliphatic heterocycles. The van der Waals surface area contributed by atoms with Crippen molar-refractivity contribution in [3.63, 3.8) is 0 Å². The predicted molar refractivity (Wildman–Crippen MR) is 176 cm³/mol. The van der Waals surface area contributed by atoms with Crippen LogP contribution < -0.4 is 5.43 Å². The van der Waals surface area contributed by atoms with E-state index >= 15 is 4.79 Å². The largest absolute Gasteiger partial charge is 0.504 e. The minimum atomic E-state index is -1.43. The summed E-state index contributed by atoms with van der Waals surface area (Å²) in [5.41, 5.74) is 0.408. The highest BCUT2D eigenvalue weighted by Gasteiger charge is 2.72.